The summed E-state index contributed by atoms with van der Waals surface area (Å²) >= 11 is 0. The molecule has 1 heterocycles. The first kappa shape index (κ1) is 17.6. The van der Waals surface area contributed by atoms with E-state index in [4.69, 9.17) is 14.2 Å². The maximum Gasteiger partial charge on any atom is 0.308 e. The van der Waals surface area contributed by atoms with E-state index in [1.54, 1.807) is 0 Å². The van der Waals surface area contributed by atoms with E-state index in [0.29, 0.717) is 12.8 Å². The molecule has 1 aromatic carbocycles. The van der Waals surface area contributed by atoms with E-state index in [1.165, 1.54) is 0 Å². The average molecular weight is 320 g/mol. The van der Waals surface area contributed by atoms with E-state index in [2.05, 4.69) is 0 Å². The molecule has 1 unspecified atom stereocenters. The Bertz CT molecular complexity index is 520. The number of carbonyl (C=O) groups is 2. The lowest BCUT2D eigenvalue weighted by Crippen LogP contribution is -2.41. The van der Waals surface area contributed by atoms with Crippen LogP contribution in [0.1, 0.15) is 39.2 Å². The lowest BCUT2D eigenvalue weighted by molar-refractivity contribution is -0.236. The van der Waals surface area contributed by atoms with E-state index in [1.807, 2.05) is 51.1 Å². The Morgan fingerprint density at radius 3 is 2.57 bits per heavy atom. The summed E-state index contributed by atoms with van der Waals surface area (Å²) in [6.45, 7) is 5.46. The first-order valence-electron chi connectivity index (χ1n) is 7.88. The molecule has 5 heteroatoms. The summed E-state index contributed by atoms with van der Waals surface area (Å²) in [5, 5.41) is 0. The molecule has 1 aliphatic rings. The number of ether oxygens (including phenoxy) is 3. The summed E-state index contributed by atoms with van der Waals surface area (Å²) < 4.78 is 16.8. The van der Waals surface area contributed by atoms with Crippen LogP contribution in [0, 0.1) is 0 Å². The third-order valence-corrected chi connectivity index (χ3v) is 3.38. The fourth-order valence-electron chi connectivity index (χ4n) is 2.50. The number of benzene rings is 1. The minimum Gasteiger partial charge on any atom is -0.460 e. The Balaban J connectivity index is 1.95. The van der Waals surface area contributed by atoms with Gasteiger partial charge in [0.05, 0.1) is 12.5 Å². The minimum atomic E-state index is -0.551. The van der Waals surface area contributed by atoms with Crippen molar-refractivity contribution in [2.75, 3.05) is 0 Å². The smallest absolute Gasteiger partial charge is 0.308 e. The van der Waals surface area contributed by atoms with E-state index in [0.717, 1.165) is 11.8 Å². The van der Waals surface area contributed by atoms with Gasteiger partial charge in [0.15, 0.2) is 6.29 Å². The van der Waals surface area contributed by atoms with Crippen LogP contribution in [-0.2, 0) is 30.2 Å². The fraction of sp³-hybridized carbons (Fsp3) is 0.556. The van der Waals surface area contributed by atoms with Gasteiger partial charge in [-0.05, 0) is 26.3 Å². The number of hydrogen-bond acceptors (Lipinski definition) is 5. The van der Waals surface area contributed by atoms with Crippen LogP contribution in [0.2, 0.25) is 0 Å². The Morgan fingerprint density at radius 1 is 1.26 bits per heavy atom. The molecule has 23 heavy (non-hydrogen) atoms. The maximum absolute atomic E-state index is 12.0. The zero-order chi connectivity index (χ0) is 16.9. The highest BCUT2D eigenvalue weighted by Crippen LogP contribution is 2.23. The molecule has 0 saturated carbocycles. The number of aldehydes is 1. The average Bonchev–Trinajstić information content (AvgIpc) is 2.45. The third-order valence-electron chi connectivity index (χ3n) is 3.38. The topological polar surface area (TPSA) is 61.8 Å². The Labute approximate surface area is 136 Å². The molecule has 3 atom stereocenters. The lowest BCUT2D eigenvalue weighted by atomic mass is 10.1. The summed E-state index contributed by atoms with van der Waals surface area (Å²) in [5.41, 5.74) is 0.524. The van der Waals surface area contributed by atoms with Crippen LogP contribution < -0.4 is 0 Å². The van der Waals surface area contributed by atoms with Crippen molar-refractivity contribution in [3.8, 4) is 0 Å². The Kier molecular flexibility index (Phi) is 5.91. The summed E-state index contributed by atoms with van der Waals surface area (Å²) in [4.78, 5) is 23.1. The van der Waals surface area contributed by atoms with Gasteiger partial charge >= 0.3 is 5.97 Å². The zero-order valence-electron chi connectivity index (χ0n) is 13.9. The SMILES string of the molecule is CC(C)(C)OC(=O)C[C@H]1C[C@@H](C=O)OC(Cc2ccccc2)O1. The van der Waals surface area contributed by atoms with Crippen molar-refractivity contribution in [1.29, 1.82) is 0 Å². The molecular weight excluding hydrogens is 296 g/mol. The van der Waals surface area contributed by atoms with Crippen LogP contribution in [0.4, 0.5) is 0 Å². The number of hydrogen-bond donors (Lipinski definition) is 0. The van der Waals surface area contributed by atoms with E-state index >= 15 is 0 Å². The van der Waals surface area contributed by atoms with Gasteiger partial charge in [-0.3, -0.25) is 4.79 Å². The second-order valence-corrected chi connectivity index (χ2v) is 6.71. The van der Waals surface area contributed by atoms with Crippen molar-refractivity contribution in [2.45, 2.75) is 64.1 Å². The number of esters is 1. The molecule has 0 radical (unpaired) electrons. The fourth-order valence-corrected chi connectivity index (χ4v) is 2.50. The Hall–Kier alpha value is -1.72. The summed E-state index contributed by atoms with van der Waals surface area (Å²) in [7, 11) is 0. The molecule has 1 fully saturated rings. The van der Waals surface area contributed by atoms with Gasteiger partial charge in [-0.1, -0.05) is 30.3 Å². The van der Waals surface area contributed by atoms with Crippen LogP contribution in [0.15, 0.2) is 30.3 Å². The molecule has 0 N–H and O–H groups in total. The molecule has 0 bridgehead atoms. The second kappa shape index (κ2) is 7.70. The van der Waals surface area contributed by atoms with Crippen molar-refractivity contribution in [3.63, 3.8) is 0 Å². The quantitative estimate of drug-likeness (QED) is 0.616. The lowest BCUT2D eigenvalue weighted by Gasteiger charge is -2.33. The molecule has 0 amide bonds. The largest absolute Gasteiger partial charge is 0.460 e. The van der Waals surface area contributed by atoms with Gasteiger partial charge in [0.2, 0.25) is 0 Å². The van der Waals surface area contributed by atoms with Crippen LogP contribution in [-0.4, -0.2) is 36.4 Å². The molecule has 2 rings (SSSR count). The van der Waals surface area contributed by atoms with E-state index in [-0.39, 0.29) is 18.5 Å². The maximum atomic E-state index is 12.0. The third kappa shape index (κ3) is 6.12. The minimum absolute atomic E-state index is 0.121. The molecule has 0 aliphatic carbocycles. The number of rotatable bonds is 5. The molecule has 0 aromatic heterocycles. The van der Waals surface area contributed by atoms with Crippen molar-refractivity contribution in [1.82, 2.24) is 0 Å². The van der Waals surface area contributed by atoms with Crippen molar-refractivity contribution in [3.05, 3.63) is 35.9 Å². The van der Waals surface area contributed by atoms with Gasteiger partial charge in [-0.15, -0.1) is 0 Å². The molecule has 1 saturated heterocycles. The van der Waals surface area contributed by atoms with Crippen LogP contribution >= 0.6 is 0 Å². The molecule has 1 aliphatic heterocycles. The molecular formula is C18H24O5. The van der Waals surface area contributed by atoms with Gasteiger partial charge in [0.25, 0.3) is 0 Å². The standard InChI is InChI=1S/C18H24O5/c1-18(2,3)23-16(20)11-14-10-15(12-19)22-17(21-14)9-13-7-5-4-6-8-13/h4-8,12,14-15,17H,9-11H2,1-3H3/t14-,15+,17?/m1/s1. The first-order valence-corrected chi connectivity index (χ1v) is 7.88. The Morgan fingerprint density at radius 2 is 1.96 bits per heavy atom. The van der Waals surface area contributed by atoms with Crippen LogP contribution in [0.25, 0.3) is 0 Å². The molecule has 5 nitrogen and oxygen atoms in total. The van der Waals surface area contributed by atoms with Crippen molar-refractivity contribution in [2.24, 2.45) is 0 Å². The van der Waals surface area contributed by atoms with Crippen molar-refractivity contribution >= 4 is 12.3 Å². The second-order valence-electron chi connectivity index (χ2n) is 6.71. The highest BCUT2D eigenvalue weighted by atomic mass is 16.7. The number of carbonyl (C=O) groups excluding carboxylic acids is 2. The van der Waals surface area contributed by atoms with Gasteiger partial charge in [0, 0.05) is 12.8 Å². The zero-order valence-corrected chi connectivity index (χ0v) is 13.9. The predicted molar refractivity (Wildman–Crippen MR) is 84.8 cm³/mol. The molecule has 0 spiro atoms. The van der Waals surface area contributed by atoms with Gasteiger partial charge < -0.3 is 19.0 Å². The predicted octanol–water partition coefficient (Wildman–Crippen LogP) is 2.66. The summed E-state index contributed by atoms with van der Waals surface area (Å²) in [6.07, 6.45) is 0.337. The van der Waals surface area contributed by atoms with Crippen molar-refractivity contribution < 1.29 is 23.8 Å². The summed E-state index contributed by atoms with van der Waals surface area (Å²) in [5.74, 6) is -0.326. The monoisotopic (exact) mass is 320 g/mol. The normalized spacial score (nSPS) is 24.9. The van der Waals surface area contributed by atoms with Crippen LogP contribution in [0.5, 0.6) is 0 Å². The van der Waals surface area contributed by atoms with Gasteiger partial charge in [-0.2, -0.15) is 0 Å². The molecule has 1 aromatic rings. The molecule has 126 valence electrons. The van der Waals surface area contributed by atoms with Gasteiger partial charge in [0.1, 0.15) is 18.0 Å². The van der Waals surface area contributed by atoms with Gasteiger partial charge in [-0.25, -0.2) is 0 Å². The summed E-state index contributed by atoms with van der Waals surface area (Å²) in [6, 6.07) is 9.76. The van der Waals surface area contributed by atoms with E-state index < -0.39 is 18.0 Å². The highest BCUT2D eigenvalue weighted by molar-refractivity contribution is 5.70. The van der Waals surface area contributed by atoms with Crippen LogP contribution in [0.3, 0.4) is 0 Å². The first-order chi connectivity index (χ1) is 10.9. The van der Waals surface area contributed by atoms with E-state index in [9.17, 15) is 9.59 Å². The highest BCUT2D eigenvalue weighted by Gasteiger charge is 2.32.